The highest BCUT2D eigenvalue weighted by molar-refractivity contribution is 7.09. The van der Waals surface area contributed by atoms with Crippen molar-refractivity contribution in [3.8, 4) is 11.4 Å². The molecule has 1 aromatic carbocycles. The van der Waals surface area contributed by atoms with Crippen LogP contribution >= 0.6 is 11.5 Å². The van der Waals surface area contributed by atoms with Crippen molar-refractivity contribution in [2.45, 2.75) is 13.3 Å². The molecule has 0 bridgehead atoms. The molecule has 0 fully saturated rings. The number of hydrogen-bond donors (Lipinski definition) is 1. The molecule has 0 unspecified atom stereocenters. The number of nitrogens with zero attached hydrogens (tertiary/aromatic N) is 4. The van der Waals surface area contributed by atoms with E-state index >= 15 is 0 Å². The van der Waals surface area contributed by atoms with Crippen LogP contribution in [0.1, 0.15) is 13.3 Å². The zero-order valence-electron chi connectivity index (χ0n) is 10.5. The second kappa shape index (κ2) is 5.27. The SMILES string of the molecule is CCCNc1nc(-c2ccc3nccnc3c2)ns1. The van der Waals surface area contributed by atoms with Gasteiger partial charge < -0.3 is 5.32 Å². The highest BCUT2D eigenvalue weighted by Crippen LogP contribution is 2.23. The van der Waals surface area contributed by atoms with Gasteiger partial charge in [-0.15, -0.1) is 0 Å². The lowest BCUT2D eigenvalue weighted by Crippen LogP contribution is -1.98. The first-order chi connectivity index (χ1) is 9.36. The average molecular weight is 271 g/mol. The van der Waals surface area contributed by atoms with Gasteiger partial charge in [0.2, 0.25) is 5.13 Å². The zero-order chi connectivity index (χ0) is 13.1. The fourth-order valence-corrected chi connectivity index (χ4v) is 2.36. The van der Waals surface area contributed by atoms with Crippen LogP contribution in [-0.2, 0) is 0 Å². The largest absolute Gasteiger partial charge is 0.360 e. The Labute approximate surface area is 114 Å². The second-order valence-corrected chi connectivity index (χ2v) is 4.86. The third-order valence-electron chi connectivity index (χ3n) is 2.68. The minimum atomic E-state index is 0.733. The summed E-state index contributed by atoms with van der Waals surface area (Å²) in [6.45, 7) is 3.04. The van der Waals surface area contributed by atoms with E-state index in [0.29, 0.717) is 0 Å². The van der Waals surface area contributed by atoms with E-state index in [-0.39, 0.29) is 0 Å². The van der Waals surface area contributed by atoms with Crippen molar-refractivity contribution in [1.82, 2.24) is 19.3 Å². The van der Waals surface area contributed by atoms with Crippen LogP contribution in [0.5, 0.6) is 0 Å². The standard InChI is InChI=1S/C13H13N5S/c1-2-5-16-13-17-12(18-19-13)9-3-4-10-11(8-9)15-7-6-14-10/h3-4,6-8H,2,5H2,1H3,(H,16,17,18). The second-order valence-electron chi connectivity index (χ2n) is 4.11. The first-order valence-electron chi connectivity index (χ1n) is 6.15. The molecule has 0 atom stereocenters. The fraction of sp³-hybridized carbons (Fsp3) is 0.231. The normalized spacial score (nSPS) is 10.8. The molecule has 0 aliphatic heterocycles. The Hall–Kier alpha value is -2.08. The van der Waals surface area contributed by atoms with Crippen LogP contribution in [0.3, 0.4) is 0 Å². The van der Waals surface area contributed by atoms with Crippen LogP contribution in [-0.4, -0.2) is 25.9 Å². The highest BCUT2D eigenvalue weighted by atomic mass is 32.1. The molecule has 0 saturated carbocycles. The molecule has 0 radical (unpaired) electrons. The van der Waals surface area contributed by atoms with Gasteiger partial charge in [0, 0.05) is 36.0 Å². The molecule has 0 spiro atoms. The maximum atomic E-state index is 4.47. The topological polar surface area (TPSA) is 63.6 Å². The third-order valence-corrected chi connectivity index (χ3v) is 3.35. The van der Waals surface area contributed by atoms with Crippen molar-refractivity contribution >= 4 is 27.7 Å². The Kier molecular flexibility index (Phi) is 3.33. The Balaban J connectivity index is 1.92. The van der Waals surface area contributed by atoms with Crippen molar-refractivity contribution in [3.63, 3.8) is 0 Å². The number of anilines is 1. The zero-order valence-corrected chi connectivity index (χ0v) is 11.3. The lowest BCUT2D eigenvalue weighted by molar-refractivity contribution is 0.976. The smallest absolute Gasteiger partial charge is 0.202 e. The molecule has 0 saturated heterocycles. The summed E-state index contributed by atoms with van der Waals surface area (Å²) < 4.78 is 4.37. The van der Waals surface area contributed by atoms with Crippen molar-refractivity contribution < 1.29 is 0 Å². The van der Waals surface area contributed by atoms with Crippen LogP contribution in [0.2, 0.25) is 0 Å². The van der Waals surface area contributed by atoms with E-state index in [2.05, 4.69) is 31.6 Å². The maximum Gasteiger partial charge on any atom is 0.202 e. The predicted molar refractivity (Wildman–Crippen MR) is 77.2 cm³/mol. The summed E-state index contributed by atoms with van der Waals surface area (Å²) in [5.74, 6) is 0.733. The van der Waals surface area contributed by atoms with E-state index in [1.54, 1.807) is 12.4 Å². The van der Waals surface area contributed by atoms with Gasteiger partial charge in [-0.3, -0.25) is 9.97 Å². The van der Waals surface area contributed by atoms with Crippen LogP contribution in [0.15, 0.2) is 30.6 Å². The van der Waals surface area contributed by atoms with Gasteiger partial charge in [-0.05, 0) is 24.6 Å². The molecule has 0 amide bonds. The van der Waals surface area contributed by atoms with E-state index in [0.717, 1.165) is 40.5 Å². The maximum absolute atomic E-state index is 4.47. The Morgan fingerprint density at radius 2 is 2.00 bits per heavy atom. The molecule has 5 nitrogen and oxygen atoms in total. The predicted octanol–water partition coefficient (Wildman–Crippen LogP) is 2.97. The van der Waals surface area contributed by atoms with Crippen molar-refractivity contribution in [2.24, 2.45) is 0 Å². The van der Waals surface area contributed by atoms with E-state index in [1.165, 1.54) is 11.5 Å². The molecule has 19 heavy (non-hydrogen) atoms. The Morgan fingerprint density at radius 3 is 2.84 bits per heavy atom. The van der Waals surface area contributed by atoms with Gasteiger partial charge in [-0.1, -0.05) is 6.92 Å². The monoisotopic (exact) mass is 271 g/mol. The quantitative estimate of drug-likeness (QED) is 0.790. The molecule has 6 heteroatoms. The minimum Gasteiger partial charge on any atom is -0.360 e. The average Bonchev–Trinajstić information content (AvgIpc) is 2.93. The van der Waals surface area contributed by atoms with E-state index < -0.39 is 0 Å². The summed E-state index contributed by atoms with van der Waals surface area (Å²) in [4.78, 5) is 13.0. The van der Waals surface area contributed by atoms with Gasteiger partial charge >= 0.3 is 0 Å². The molecule has 1 N–H and O–H groups in total. The molecule has 2 aromatic heterocycles. The lowest BCUT2D eigenvalue weighted by Gasteiger charge is -1.99. The van der Waals surface area contributed by atoms with Gasteiger partial charge in [-0.25, -0.2) is 0 Å². The van der Waals surface area contributed by atoms with Crippen molar-refractivity contribution in [1.29, 1.82) is 0 Å². The van der Waals surface area contributed by atoms with Gasteiger partial charge in [0.1, 0.15) is 0 Å². The third kappa shape index (κ3) is 2.53. The molecule has 3 rings (SSSR count). The molecule has 2 heterocycles. The number of nitrogens with one attached hydrogen (secondary N) is 1. The first kappa shape index (κ1) is 12.0. The Morgan fingerprint density at radius 1 is 1.16 bits per heavy atom. The molecule has 0 aliphatic rings. The van der Waals surface area contributed by atoms with E-state index in [1.807, 2.05) is 18.2 Å². The molecule has 96 valence electrons. The number of rotatable bonds is 4. The van der Waals surface area contributed by atoms with Gasteiger partial charge in [0.05, 0.1) is 11.0 Å². The first-order valence-corrected chi connectivity index (χ1v) is 6.93. The summed E-state index contributed by atoms with van der Waals surface area (Å²) >= 11 is 1.38. The van der Waals surface area contributed by atoms with Gasteiger partial charge in [0.15, 0.2) is 5.82 Å². The van der Waals surface area contributed by atoms with Crippen molar-refractivity contribution in [3.05, 3.63) is 30.6 Å². The lowest BCUT2D eigenvalue weighted by atomic mass is 10.2. The summed E-state index contributed by atoms with van der Waals surface area (Å²) in [6, 6.07) is 5.88. The Bertz CT molecular complexity index is 694. The number of benzene rings is 1. The number of fused-ring (bicyclic) bond motifs is 1. The number of aromatic nitrogens is 4. The highest BCUT2D eigenvalue weighted by Gasteiger charge is 2.07. The van der Waals surface area contributed by atoms with Gasteiger partial charge in [-0.2, -0.15) is 9.36 Å². The van der Waals surface area contributed by atoms with Crippen LogP contribution in [0.25, 0.3) is 22.4 Å². The number of hydrogen-bond acceptors (Lipinski definition) is 6. The summed E-state index contributed by atoms with van der Waals surface area (Å²) in [5, 5.41) is 4.10. The van der Waals surface area contributed by atoms with Gasteiger partial charge in [0.25, 0.3) is 0 Å². The van der Waals surface area contributed by atoms with E-state index in [4.69, 9.17) is 0 Å². The fourth-order valence-electron chi connectivity index (χ4n) is 1.75. The molecule has 0 aliphatic carbocycles. The summed E-state index contributed by atoms with van der Waals surface area (Å²) in [7, 11) is 0. The van der Waals surface area contributed by atoms with Crippen LogP contribution < -0.4 is 5.32 Å². The molecular weight excluding hydrogens is 258 g/mol. The molecule has 3 aromatic rings. The molecular formula is C13H13N5S. The van der Waals surface area contributed by atoms with Crippen molar-refractivity contribution in [2.75, 3.05) is 11.9 Å². The summed E-state index contributed by atoms with van der Waals surface area (Å²) in [6.07, 6.45) is 4.45. The summed E-state index contributed by atoms with van der Waals surface area (Å²) in [5.41, 5.74) is 2.71. The van der Waals surface area contributed by atoms with E-state index in [9.17, 15) is 0 Å². The van der Waals surface area contributed by atoms with Crippen LogP contribution in [0, 0.1) is 0 Å². The minimum absolute atomic E-state index is 0.733. The van der Waals surface area contributed by atoms with Crippen LogP contribution in [0.4, 0.5) is 5.13 Å².